The molecule has 4 nitrogen and oxygen atoms in total. The number of hydrogen-bond acceptors (Lipinski definition) is 3. The molecule has 1 rings (SSSR count). The zero-order valence-corrected chi connectivity index (χ0v) is 12.1. The number of phosphoric ester groups is 1. The summed E-state index contributed by atoms with van der Waals surface area (Å²) >= 11 is 0. The number of unbranched alkanes of at least 4 members (excludes halogenated alkanes) is 1. The molecule has 0 saturated carbocycles. The average molecular weight is 272 g/mol. The third-order valence-electron chi connectivity index (χ3n) is 2.65. The third kappa shape index (κ3) is 4.45. The predicted molar refractivity (Wildman–Crippen MR) is 71.9 cm³/mol. The third-order valence-corrected chi connectivity index (χ3v) is 3.67. The Bertz CT molecular complexity index is 431. The van der Waals surface area contributed by atoms with Crippen molar-refractivity contribution in [1.82, 2.24) is 0 Å². The molecule has 5 heteroatoms. The van der Waals surface area contributed by atoms with Crippen LogP contribution < -0.4 is 4.52 Å². The van der Waals surface area contributed by atoms with Gasteiger partial charge in [0.2, 0.25) is 0 Å². The van der Waals surface area contributed by atoms with E-state index in [-0.39, 0.29) is 6.61 Å². The van der Waals surface area contributed by atoms with Crippen molar-refractivity contribution in [3.8, 4) is 5.75 Å². The van der Waals surface area contributed by atoms with Gasteiger partial charge < -0.3 is 4.52 Å². The second-order valence-electron chi connectivity index (χ2n) is 4.13. The molecule has 0 radical (unpaired) electrons. The lowest BCUT2D eigenvalue weighted by molar-refractivity contribution is 0.212. The first kappa shape index (κ1) is 15.2. The van der Waals surface area contributed by atoms with Crippen molar-refractivity contribution in [3.05, 3.63) is 29.3 Å². The van der Waals surface area contributed by atoms with E-state index in [9.17, 15) is 9.46 Å². The van der Waals surface area contributed by atoms with Gasteiger partial charge in [0.05, 0.1) is 6.61 Å². The lowest BCUT2D eigenvalue weighted by Gasteiger charge is -2.16. The Kier molecular flexibility index (Phi) is 5.86. The molecule has 1 aromatic rings. The van der Waals surface area contributed by atoms with Crippen LogP contribution in [0.5, 0.6) is 5.75 Å². The van der Waals surface area contributed by atoms with Crippen molar-refractivity contribution in [3.63, 3.8) is 0 Å². The largest absolute Gasteiger partial charge is 0.527 e. The molecule has 0 amide bonds. The molecule has 1 atom stereocenters. The lowest BCUT2D eigenvalue weighted by Crippen LogP contribution is -2.01. The van der Waals surface area contributed by atoms with E-state index in [1.165, 1.54) is 0 Å². The minimum Gasteiger partial charge on any atom is -0.404 e. The van der Waals surface area contributed by atoms with Gasteiger partial charge in [0.25, 0.3) is 0 Å². The average Bonchev–Trinajstić information content (AvgIpc) is 2.27. The van der Waals surface area contributed by atoms with Crippen LogP contribution in [0.3, 0.4) is 0 Å². The molecule has 18 heavy (non-hydrogen) atoms. The second kappa shape index (κ2) is 6.93. The van der Waals surface area contributed by atoms with E-state index >= 15 is 0 Å². The highest BCUT2D eigenvalue weighted by Crippen LogP contribution is 2.45. The molecule has 0 spiro atoms. The molecule has 0 aliphatic rings. The van der Waals surface area contributed by atoms with Crippen molar-refractivity contribution in [2.75, 3.05) is 6.61 Å². The summed E-state index contributed by atoms with van der Waals surface area (Å²) in [5.74, 6) is 0.447. The monoisotopic (exact) mass is 272 g/mol. The quantitative estimate of drug-likeness (QED) is 0.766. The van der Waals surface area contributed by atoms with Gasteiger partial charge in [-0.3, -0.25) is 9.42 Å². The molecule has 0 bridgehead atoms. The Morgan fingerprint density at radius 1 is 1.33 bits per heavy atom. The Hall–Kier alpha value is -0.830. The van der Waals surface area contributed by atoms with E-state index < -0.39 is 7.82 Å². The highest BCUT2D eigenvalue weighted by Gasteiger charge is 2.23. The van der Waals surface area contributed by atoms with Crippen LogP contribution in [0.1, 0.15) is 37.8 Å². The fourth-order valence-corrected chi connectivity index (χ4v) is 2.55. The molecule has 0 fully saturated rings. The van der Waals surface area contributed by atoms with Crippen LogP contribution in [0.4, 0.5) is 0 Å². The molecule has 1 N–H and O–H groups in total. The molecule has 1 aromatic carbocycles. The maximum atomic E-state index is 11.6. The summed E-state index contributed by atoms with van der Waals surface area (Å²) < 4.78 is 21.5. The first-order valence-electron chi connectivity index (χ1n) is 6.25. The highest BCUT2D eigenvalue weighted by molar-refractivity contribution is 7.47. The Balaban J connectivity index is 2.94. The molecule has 0 aliphatic carbocycles. The predicted octanol–water partition coefficient (Wildman–Crippen LogP) is 3.85. The van der Waals surface area contributed by atoms with Crippen LogP contribution in [-0.4, -0.2) is 11.5 Å². The zero-order valence-electron chi connectivity index (χ0n) is 11.2. The zero-order chi connectivity index (χ0) is 13.6. The number of benzene rings is 1. The second-order valence-corrected chi connectivity index (χ2v) is 5.51. The number of rotatable bonds is 7. The van der Waals surface area contributed by atoms with E-state index in [1.807, 2.05) is 19.1 Å². The van der Waals surface area contributed by atoms with Crippen molar-refractivity contribution in [2.45, 2.75) is 40.0 Å². The number of hydrogen-bond donors (Lipinski definition) is 1. The van der Waals surface area contributed by atoms with Crippen LogP contribution in [0, 0.1) is 6.92 Å². The standard InChI is InChI=1S/C13H21O4P/c1-4-6-9-12-11(3)8-7-10-13(12)17-18(14,15)16-5-2/h7-8,10H,4-6,9H2,1-3H3,(H,14,15). The van der Waals surface area contributed by atoms with Gasteiger partial charge in [-0.25, -0.2) is 4.57 Å². The Morgan fingerprint density at radius 3 is 2.67 bits per heavy atom. The topological polar surface area (TPSA) is 55.8 Å². The van der Waals surface area contributed by atoms with Crippen LogP contribution >= 0.6 is 7.82 Å². The SMILES string of the molecule is CCCCc1c(C)cccc1OP(=O)(O)OCC. The summed E-state index contributed by atoms with van der Waals surface area (Å²) in [6.07, 6.45) is 2.92. The normalized spacial score (nSPS) is 14.2. The van der Waals surface area contributed by atoms with Crippen LogP contribution in [0.2, 0.25) is 0 Å². The van der Waals surface area contributed by atoms with E-state index in [2.05, 4.69) is 6.92 Å². The molecule has 0 aromatic heterocycles. The van der Waals surface area contributed by atoms with Crippen molar-refractivity contribution < 1.29 is 18.5 Å². The van der Waals surface area contributed by atoms with Crippen molar-refractivity contribution in [1.29, 1.82) is 0 Å². The van der Waals surface area contributed by atoms with Crippen molar-refractivity contribution >= 4 is 7.82 Å². The lowest BCUT2D eigenvalue weighted by atomic mass is 10.0. The summed E-state index contributed by atoms with van der Waals surface area (Å²) in [4.78, 5) is 9.52. The first-order chi connectivity index (χ1) is 8.50. The smallest absolute Gasteiger partial charge is 0.404 e. The van der Waals surface area contributed by atoms with Crippen LogP contribution in [0.15, 0.2) is 18.2 Å². The fraction of sp³-hybridized carbons (Fsp3) is 0.538. The van der Waals surface area contributed by atoms with Gasteiger partial charge in [-0.05, 0) is 43.9 Å². The number of phosphoric acid groups is 1. The summed E-state index contributed by atoms with van der Waals surface area (Å²) in [5.41, 5.74) is 2.05. The Morgan fingerprint density at radius 2 is 2.06 bits per heavy atom. The summed E-state index contributed by atoms with van der Waals surface area (Å²) in [6, 6.07) is 5.49. The van der Waals surface area contributed by atoms with Crippen LogP contribution in [-0.2, 0) is 15.5 Å². The maximum Gasteiger partial charge on any atom is 0.527 e. The van der Waals surface area contributed by atoms with E-state index in [1.54, 1.807) is 13.0 Å². The minimum atomic E-state index is -3.99. The minimum absolute atomic E-state index is 0.143. The molecule has 0 aliphatic heterocycles. The first-order valence-corrected chi connectivity index (χ1v) is 7.75. The van der Waals surface area contributed by atoms with E-state index in [4.69, 9.17) is 9.05 Å². The molecular weight excluding hydrogens is 251 g/mol. The molecular formula is C13H21O4P. The molecule has 102 valence electrons. The fourth-order valence-electron chi connectivity index (χ4n) is 1.75. The summed E-state index contributed by atoms with van der Waals surface area (Å²) in [5, 5.41) is 0. The van der Waals surface area contributed by atoms with E-state index in [0.717, 1.165) is 30.4 Å². The van der Waals surface area contributed by atoms with Gasteiger partial charge in [0.15, 0.2) is 0 Å². The molecule has 0 heterocycles. The highest BCUT2D eigenvalue weighted by atomic mass is 31.2. The van der Waals surface area contributed by atoms with Crippen molar-refractivity contribution in [2.24, 2.45) is 0 Å². The van der Waals surface area contributed by atoms with E-state index in [0.29, 0.717) is 5.75 Å². The molecule has 1 unspecified atom stereocenters. The van der Waals surface area contributed by atoms with Gasteiger partial charge in [-0.1, -0.05) is 25.5 Å². The summed E-state index contributed by atoms with van der Waals surface area (Å²) in [6.45, 7) is 5.88. The van der Waals surface area contributed by atoms with Gasteiger partial charge >= 0.3 is 7.82 Å². The van der Waals surface area contributed by atoms with Crippen LogP contribution in [0.25, 0.3) is 0 Å². The van der Waals surface area contributed by atoms with Gasteiger partial charge in [-0.15, -0.1) is 0 Å². The summed E-state index contributed by atoms with van der Waals surface area (Å²) in [7, 11) is -3.99. The maximum absolute atomic E-state index is 11.6. The number of aryl methyl sites for hydroxylation is 1. The van der Waals surface area contributed by atoms with Gasteiger partial charge in [0.1, 0.15) is 5.75 Å². The Labute approximate surface area is 109 Å². The van der Waals surface area contributed by atoms with Gasteiger partial charge in [0, 0.05) is 0 Å². The molecule has 0 saturated heterocycles. The van der Waals surface area contributed by atoms with Gasteiger partial charge in [-0.2, -0.15) is 0 Å².